The Balaban J connectivity index is 1.86. The number of para-hydroxylation sites is 1. The minimum absolute atomic E-state index is 0.553. The molecule has 0 aliphatic rings. The summed E-state index contributed by atoms with van der Waals surface area (Å²) in [7, 11) is 0. The van der Waals surface area contributed by atoms with Crippen LogP contribution in [0.25, 0.3) is 6.08 Å². The van der Waals surface area contributed by atoms with Crippen molar-refractivity contribution < 1.29 is 9.59 Å². The van der Waals surface area contributed by atoms with E-state index in [4.69, 9.17) is 0 Å². The van der Waals surface area contributed by atoms with Crippen LogP contribution in [0.3, 0.4) is 0 Å². The van der Waals surface area contributed by atoms with Gasteiger partial charge in [0.2, 0.25) is 0 Å². The van der Waals surface area contributed by atoms with Crippen molar-refractivity contribution in [2.75, 3.05) is 5.32 Å². The van der Waals surface area contributed by atoms with E-state index in [-0.39, 0.29) is 0 Å². The van der Waals surface area contributed by atoms with Crippen LogP contribution in [0.4, 0.5) is 5.69 Å². The first-order valence-electron chi connectivity index (χ1n) is 7.08. The van der Waals surface area contributed by atoms with Gasteiger partial charge >= 0.3 is 11.8 Å². The van der Waals surface area contributed by atoms with Crippen LogP contribution < -0.4 is 10.7 Å². The third-order valence-corrected chi connectivity index (χ3v) is 2.87. The molecule has 0 aliphatic carbocycles. The standard InChI is InChI=1S/C18H17N3O2/c1-14(12-15-8-4-2-5-9-15)13-19-21-18(23)17(22)20-16-10-6-3-7-11-16/h2-13H,1H3,(H,20,22)(H,21,23)/b14-12-,19-13-. The molecule has 0 saturated heterocycles. The van der Waals surface area contributed by atoms with Crippen molar-refractivity contribution in [2.24, 2.45) is 5.10 Å². The van der Waals surface area contributed by atoms with E-state index in [1.807, 2.05) is 49.4 Å². The lowest BCUT2D eigenvalue weighted by Gasteiger charge is -2.03. The monoisotopic (exact) mass is 307 g/mol. The van der Waals surface area contributed by atoms with Crippen molar-refractivity contribution in [1.82, 2.24) is 5.43 Å². The summed E-state index contributed by atoms with van der Waals surface area (Å²) in [5.41, 5.74) is 4.63. The van der Waals surface area contributed by atoms with Crippen LogP contribution in [0, 0.1) is 0 Å². The summed E-state index contributed by atoms with van der Waals surface area (Å²) in [6, 6.07) is 18.5. The molecule has 2 amide bonds. The van der Waals surface area contributed by atoms with Crippen LogP contribution in [0.5, 0.6) is 0 Å². The van der Waals surface area contributed by atoms with Crippen LogP contribution in [0.1, 0.15) is 12.5 Å². The van der Waals surface area contributed by atoms with E-state index >= 15 is 0 Å². The Hall–Kier alpha value is -3.21. The molecule has 0 fully saturated rings. The predicted octanol–water partition coefficient (Wildman–Crippen LogP) is 2.83. The van der Waals surface area contributed by atoms with Crippen LogP contribution in [-0.4, -0.2) is 18.0 Å². The maximum atomic E-state index is 11.7. The fraction of sp³-hybridized carbons (Fsp3) is 0.0556. The zero-order valence-electron chi connectivity index (χ0n) is 12.7. The highest BCUT2D eigenvalue weighted by molar-refractivity contribution is 6.39. The van der Waals surface area contributed by atoms with Gasteiger partial charge in [-0.3, -0.25) is 9.59 Å². The van der Waals surface area contributed by atoms with Crippen LogP contribution in [0.15, 0.2) is 71.3 Å². The first-order chi connectivity index (χ1) is 11.1. The molecule has 2 aromatic carbocycles. The Morgan fingerprint density at radius 1 is 0.913 bits per heavy atom. The molecular formula is C18H17N3O2. The SMILES string of the molecule is CC(/C=N\NC(=O)C(=O)Nc1ccccc1)=C/c1ccccc1. The van der Waals surface area contributed by atoms with Gasteiger partial charge in [-0.2, -0.15) is 5.10 Å². The largest absolute Gasteiger partial charge is 0.329 e. The Morgan fingerprint density at radius 3 is 2.17 bits per heavy atom. The van der Waals surface area contributed by atoms with Gasteiger partial charge in [-0.15, -0.1) is 0 Å². The molecule has 2 N–H and O–H groups in total. The summed E-state index contributed by atoms with van der Waals surface area (Å²) in [6.45, 7) is 1.85. The molecule has 0 aliphatic heterocycles. The molecule has 0 spiro atoms. The number of benzene rings is 2. The van der Waals surface area contributed by atoms with Gasteiger partial charge in [0.05, 0.1) is 6.21 Å². The molecule has 5 nitrogen and oxygen atoms in total. The topological polar surface area (TPSA) is 70.6 Å². The van der Waals surface area contributed by atoms with Gasteiger partial charge in [0.1, 0.15) is 0 Å². The highest BCUT2D eigenvalue weighted by Crippen LogP contribution is 2.05. The Bertz CT molecular complexity index is 722. The van der Waals surface area contributed by atoms with E-state index in [0.717, 1.165) is 11.1 Å². The number of allylic oxidation sites excluding steroid dienone is 1. The minimum Gasteiger partial charge on any atom is -0.318 e. The van der Waals surface area contributed by atoms with E-state index in [1.54, 1.807) is 24.3 Å². The molecule has 5 heteroatoms. The third kappa shape index (κ3) is 5.59. The summed E-state index contributed by atoms with van der Waals surface area (Å²) >= 11 is 0. The van der Waals surface area contributed by atoms with Crippen LogP contribution >= 0.6 is 0 Å². The number of hydrogen-bond acceptors (Lipinski definition) is 3. The Kier molecular flexibility index (Phi) is 5.82. The van der Waals surface area contributed by atoms with Gasteiger partial charge in [0.15, 0.2) is 0 Å². The summed E-state index contributed by atoms with van der Waals surface area (Å²) in [5, 5.41) is 6.26. The number of carbonyl (C=O) groups excluding carboxylic acids is 2. The van der Waals surface area contributed by atoms with E-state index in [1.165, 1.54) is 6.21 Å². The molecule has 0 unspecified atom stereocenters. The molecule has 0 aromatic heterocycles. The van der Waals surface area contributed by atoms with E-state index in [9.17, 15) is 9.59 Å². The second kappa shape index (κ2) is 8.29. The first-order valence-corrected chi connectivity index (χ1v) is 7.08. The summed E-state index contributed by atoms with van der Waals surface area (Å²) in [6.07, 6.45) is 3.40. The van der Waals surface area contributed by atoms with Crippen LogP contribution in [0.2, 0.25) is 0 Å². The second-order valence-electron chi connectivity index (χ2n) is 4.82. The van der Waals surface area contributed by atoms with Gasteiger partial charge in [-0.1, -0.05) is 54.6 Å². The first kappa shape index (κ1) is 16.2. The summed E-state index contributed by atoms with van der Waals surface area (Å²) < 4.78 is 0. The lowest BCUT2D eigenvalue weighted by atomic mass is 10.1. The van der Waals surface area contributed by atoms with Crippen LogP contribution in [-0.2, 0) is 9.59 Å². The number of hydrogen-bond donors (Lipinski definition) is 2. The predicted molar refractivity (Wildman–Crippen MR) is 91.8 cm³/mol. The third-order valence-electron chi connectivity index (χ3n) is 2.87. The summed E-state index contributed by atoms with van der Waals surface area (Å²) in [5.74, 6) is -1.59. The number of amides is 2. The highest BCUT2D eigenvalue weighted by Gasteiger charge is 2.12. The van der Waals surface area contributed by atoms with Gasteiger partial charge in [0.25, 0.3) is 0 Å². The quantitative estimate of drug-likeness (QED) is 0.518. The second-order valence-corrected chi connectivity index (χ2v) is 4.82. The molecule has 0 bridgehead atoms. The molecule has 23 heavy (non-hydrogen) atoms. The number of hydrazone groups is 1. The minimum atomic E-state index is -0.822. The lowest BCUT2D eigenvalue weighted by Crippen LogP contribution is -2.32. The molecule has 2 aromatic rings. The average molecular weight is 307 g/mol. The van der Waals surface area contributed by atoms with Crippen molar-refractivity contribution in [1.29, 1.82) is 0 Å². The van der Waals surface area contributed by atoms with Gasteiger partial charge in [0, 0.05) is 5.69 Å². The molecular weight excluding hydrogens is 290 g/mol. The maximum absolute atomic E-state index is 11.7. The van der Waals surface area contributed by atoms with Gasteiger partial charge in [-0.05, 0) is 30.2 Å². The number of anilines is 1. The van der Waals surface area contributed by atoms with E-state index in [0.29, 0.717) is 5.69 Å². The highest BCUT2D eigenvalue weighted by atomic mass is 16.2. The zero-order valence-corrected chi connectivity index (χ0v) is 12.7. The fourth-order valence-corrected chi connectivity index (χ4v) is 1.80. The molecule has 2 rings (SSSR count). The van der Waals surface area contributed by atoms with E-state index < -0.39 is 11.8 Å². The number of nitrogens with zero attached hydrogens (tertiary/aromatic N) is 1. The Morgan fingerprint density at radius 2 is 1.52 bits per heavy atom. The van der Waals surface area contributed by atoms with Gasteiger partial charge in [-0.25, -0.2) is 5.43 Å². The molecule has 0 saturated carbocycles. The molecule has 0 radical (unpaired) electrons. The summed E-state index contributed by atoms with van der Waals surface area (Å²) in [4.78, 5) is 23.3. The van der Waals surface area contributed by atoms with E-state index in [2.05, 4.69) is 15.8 Å². The molecule has 116 valence electrons. The van der Waals surface area contributed by atoms with Gasteiger partial charge < -0.3 is 5.32 Å². The van der Waals surface area contributed by atoms with Crippen molar-refractivity contribution in [3.63, 3.8) is 0 Å². The van der Waals surface area contributed by atoms with Crippen molar-refractivity contribution in [3.05, 3.63) is 71.8 Å². The lowest BCUT2D eigenvalue weighted by molar-refractivity contribution is -0.136. The maximum Gasteiger partial charge on any atom is 0.329 e. The smallest absolute Gasteiger partial charge is 0.318 e. The number of nitrogens with one attached hydrogen (secondary N) is 2. The fourth-order valence-electron chi connectivity index (χ4n) is 1.80. The Labute approximate surface area is 134 Å². The van der Waals surface area contributed by atoms with Crippen molar-refractivity contribution >= 4 is 29.8 Å². The molecule has 0 heterocycles. The number of carbonyl (C=O) groups is 2. The van der Waals surface area contributed by atoms with Crippen molar-refractivity contribution in [3.8, 4) is 0 Å². The normalized spacial score (nSPS) is 11.3. The average Bonchev–Trinajstić information content (AvgIpc) is 2.56. The molecule has 0 atom stereocenters. The van der Waals surface area contributed by atoms with Crippen molar-refractivity contribution in [2.45, 2.75) is 6.92 Å². The zero-order chi connectivity index (χ0) is 16.5. The number of rotatable bonds is 4.